The summed E-state index contributed by atoms with van der Waals surface area (Å²) in [4.78, 5) is 32.9. The number of nitrogens with one attached hydrogen (secondary N) is 1. The van der Waals surface area contributed by atoms with Crippen LogP contribution in [-0.2, 0) is 14.3 Å². The largest absolute Gasteiger partial charge is 0.493 e. The number of likely N-dealkylation sites (tertiary alicyclic amines) is 1. The molecule has 2 amide bonds. The molecule has 1 N–H and O–H groups in total. The van der Waals surface area contributed by atoms with Gasteiger partial charge in [-0.2, -0.15) is 0 Å². The minimum Gasteiger partial charge on any atom is -0.493 e. The molecule has 0 radical (unpaired) electrons. The summed E-state index contributed by atoms with van der Waals surface area (Å²) in [7, 11) is 3.17. The van der Waals surface area contributed by atoms with Crippen molar-refractivity contribution in [2.75, 3.05) is 45.8 Å². The van der Waals surface area contributed by atoms with E-state index < -0.39 is 5.41 Å². The van der Waals surface area contributed by atoms with E-state index in [9.17, 15) is 9.59 Å². The molecule has 2 aliphatic heterocycles. The van der Waals surface area contributed by atoms with Crippen LogP contribution in [0.1, 0.15) is 19.3 Å². The Bertz CT molecular complexity index is 1360. The van der Waals surface area contributed by atoms with E-state index in [1.54, 1.807) is 56.8 Å². The van der Waals surface area contributed by atoms with Crippen molar-refractivity contribution in [1.82, 2.24) is 9.88 Å². The van der Waals surface area contributed by atoms with Gasteiger partial charge in [0.05, 0.1) is 33.0 Å². The van der Waals surface area contributed by atoms with Gasteiger partial charge in [0.25, 0.3) is 0 Å². The number of carbonyl (C=O) groups is 2. The molecular weight excluding hydrogens is 486 g/mol. The van der Waals surface area contributed by atoms with Crippen LogP contribution < -0.4 is 19.5 Å². The number of piperidine rings is 1. The molecule has 3 aromatic rings. The summed E-state index contributed by atoms with van der Waals surface area (Å²) >= 11 is 0. The summed E-state index contributed by atoms with van der Waals surface area (Å²) in [5, 5.41) is 3.74. The molecule has 0 unspecified atom stereocenters. The Morgan fingerprint density at radius 1 is 0.974 bits per heavy atom. The summed E-state index contributed by atoms with van der Waals surface area (Å²) in [6.07, 6.45) is 3.95. The Hall–Kier alpha value is -3.85. The van der Waals surface area contributed by atoms with Crippen molar-refractivity contribution in [2.24, 2.45) is 17.3 Å². The third kappa shape index (κ3) is 4.51. The van der Waals surface area contributed by atoms with E-state index in [0.717, 1.165) is 11.8 Å². The summed E-state index contributed by atoms with van der Waals surface area (Å²) in [6.45, 7) is 2.76. The number of fused-ring (bicyclic) bond motifs is 3. The predicted octanol–water partition coefficient (Wildman–Crippen LogP) is 4.26. The van der Waals surface area contributed by atoms with E-state index in [2.05, 4.69) is 10.3 Å². The van der Waals surface area contributed by atoms with Gasteiger partial charge in [-0.25, -0.2) is 0 Å². The SMILES string of the molecule is COc1cc2nccc(Oc3ccc(NC(=O)C4(C(=O)N5C[C@@H]6COC[C@@H](C6)C5)CC4)cc3)c2cc1OC. The van der Waals surface area contributed by atoms with Crippen LogP contribution in [0.5, 0.6) is 23.0 Å². The minimum atomic E-state index is -0.947. The topological polar surface area (TPSA) is 99.2 Å². The Labute approximate surface area is 221 Å². The highest BCUT2D eigenvalue weighted by molar-refractivity contribution is 6.13. The summed E-state index contributed by atoms with van der Waals surface area (Å²) < 4.78 is 22.6. The van der Waals surface area contributed by atoms with Gasteiger partial charge in [-0.3, -0.25) is 14.6 Å². The zero-order chi connectivity index (χ0) is 26.3. The minimum absolute atomic E-state index is 0.0387. The Balaban J connectivity index is 1.13. The fourth-order valence-electron chi connectivity index (χ4n) is 5.61. The fourth-order valence-corrected chi connectivity index (χ4v) is 5.61. The van der Waals surface area contributed by atoms with Crippen LogP contribution in [0.3, 0.4) is 0 Å². The fraction of sp³-hybridized carbons (Fsp3) is 0.414. The van der Waals surface area contributed by atoms with Crippen molar-refractivity contribution < 1.29 is 28.5 Å². The smallest absolute Gasteiger partial charge is 0.240 e. The number of nitrogens with zero attached hydrogens (tertiary/aromatic N) is 2. The molecule has 198 valence electrons. The van der Waals surface area contributed by atoms with E-state index in [0.29, 0.717) is 85.2 Å². The molecule has 0 spiro atoms. The number of hydrogen-bond donors (Lipinski definition) is 1. The number of carbonyl (C=O) groups excluding carboxylic acids is 2. The molecule has 2 atom stereocenters. The third-order valence-corrected chi connectivity index (χ3v) is 7.76. The number of benzene rings is 2. The Morgan fingerprint density at radius 3 is 2.32 bits per heavy atom. The standard InChI is InChI=1S/C29H31N3O6/c1-35-25-12-22-23(13-26(25)36-2)30-10-7-24(22)38-21-5-3-20(4-6-21)31-27(33)29(8-9-29)28(34)32-14-18-11-19(15-32)17-37-16-18/h3-7,10,12-13,18-19H,8-9,11,14-17H2,1-2H3,(H,31,33)/t18-,19+. The maximum atomic E-state index is 13.4. The van der Waals surface area contributed by atoms with Gasteiger partial charge >= 0.3 is 0 Å². The molecule has 38 heavy (non-hydrogen) atoms. The molecule has 3 heterocycles. The number of pyridine rings is 1. The van der Waals surface area contributed by atoms with E-state index in [1.165, 1.54) is 0 Å². The van der Waals surface area contributed by atoms with Crippen LogP contribution in [0.15, 0.2) is 48.7 Å². The molecule has 9 heteroatoms. The maximum Gasteiger partial charge on any atom is 0.240 e. The van der Waals surface area contributed by atoms with Crippen LogP contribution >= 0.6 is 0 Å². The van der Waals surface area contributed by atoms with E-state index in [4.69, 9.17) is 18.9 Å². The van der Waals surface area contributed by atoms with Gasteiger partial charge < -0.3 is 29.2 Å². The number of rotatable bonds is 7. The monoisotopic (exact) mass is 517 g/mol. The van der Waals surface area contributed by atoms with Crippen molar-refractivity contribution in [3.63, 3.8) is 0 Å². The Kier molecular flexibility index (Phi) is 6.31. The second kappa shape index (κ2) is 9.79. The first-order valence-electron chi connectivity index (χ1n) is 13.0. The average molecular weight is 518 g/mol. The molecule has 9 nitrogen and oxygen atoms in total. The van der Waals surface area contributed by atoms with Crippen LogP contribution in [0, 0.1) is 17.3 Å². The first-order valence-corrected chi connectivity index (χ1v) is 13.0. The van der Waals surface area contributed by atoms with Crippen LogP contribution in [0.4, 0.5) is 5.69 Å². The molecule has 1 saturated carbocycles. The highest BCUT2D eigenvalue weighted by Gasteiger charge is 2.58. The van der Waals surface area contributed by atoms with Gasteiger partial charge in [-0.1, -0.05) is 0 Å². The maximum absolute atomic E-state index is 13.4. The lowest BCUT2D eigenvalue weighted by atomic mass is 9.87. The highest BCUT2D eigenvalue weighted by atomic mass is 16.5. The number of methoxy groups -OCH3 is 2. The molecule has 2 bridgehead atoms. The first kappa shape index (κ1) is 24.5. The van der Waals surface area contributed by atoms with E-state index in [-0.39, 0.29) is 11.8 Å². The zero-order valence-corrected chi connectivity index (χ0v) is 21.6. The number of amides is 2. The van der Waals surface area contributed by atoms with Crippen molar-refractivity contribution >= 4 is 28.4 Å². The Morgan fingerprint density at radius 2 is 1.66 bits per heavy atom. The molecule has 1 aliphatic carbocycles. The second-order valence-electron chi connectivity index (χ2n) is 10.4. The lowest BCUT2D eigenvalue weighted by Crippen LogP contribution is -2.52. The summed E-state index contributed by atoms with van der Waals surface area (Å²) in [6, 6.07) is 12.6. The summed E-state index contributed by atoms with van der Waals surface area (Å²) in [5.74, 6) is 2.87. The van der Waals surface area contributed by atoms with Crippen molar-refractivity contribution in [1.29, 1.82) is 0 Å². The molecule has 3 aliphatic rings. The van der Waals surface area contributed by atoms with Crippen LogP contribution in [-0.4, -0.2) is 62.2 Å². The predicted molar refractivity (Wildman–Crippen MR) is 141 cm³/mol. The molecule has 1 aromatic heterocycles. The molecule has 2 aromatic carbocycles. The van der Waals surface area contributed by atoms with Crippen LogP contribution in [0.25, 0.3) is 10.9 Å². The lowest BCUT2D eigenvalue weighted by Gasteiger charge is -2.42. The zero-order valence-electron chi connectivity index (χ0n) is 21.6. The highest BCUT2D eigenvalue weighted by Crippen LogP contribution is 2.49. The first-order chi connectivity index (χ1) is 18.5. The third-order valence-electron chi connectivity index (χ3n) is 7.76. The summed E-state index contributed by atoms with van der Waals surface area (Å²) in [5.41, 5.74) is 0.391. The van der Waals surface area contributed by atoms with Gasteiger partial charge in [0, 0.05) is 48.3 Å². The number of anilines is 1. The van der Waals surface area contributed by atoms with Gasteiger partial charge in [0.15, 0.2) is 11.5 Å². The number of ether oxygens (including phenoxy) is 4. The molecule has 3 fully saturated rings. The quantitative estimate of drug-likeness (QED) is 0.468. The molecule has 2 saturated heterocycles. The van der Waals surface area contributed by atoms with Crippen molar-refractivity contribution in [3.05, 3.63) is 48.7 Å². The van der Waals surface area contributed by atoms with Gasteiger partial charge in [0.2, 0.25) is 11.8 Å². The average Bonchev–Trinajstić information content (AvgIpc) is 3.75. The molecular formula is C29H31N3O6. The number of aromatic nitrogens is 1. The van der Waals surface area contributed by atoms with Crippen LogP contribution in [0.2, 0.25) is 0 Å². The molecule has 6 rings (SSSR count). The normalized spacial score (nSPS) is 21.5. The van der Waals surface area contributed by atoms with Crippen molar-refractivity contribution in [3.8, 4) is 23.0 Å². The second-order valence-corrected chi connectivity index (χ2v) is 10.4. The number of hydrogen-bond acceptors (Lipinski definition) is 7. The van der Waals surface area contributed by atoms with Gasteiger partial charge in [-0.05, 0) is 55.7 Å². The van der Waals surface area contributed by atoms with Gasteiger partial charge in [-0.15, -0.1) is 0 Å². The van der Waals surface area contributed by atoms with Gasteiger partial charge in [0.1, 0.15) is 16.9 Å². The van der Waals surface area contributed by atoms with E-state index >= 15 is 0 Å². The van der Waals surface area contributed by atoms with E-state index in [1.807, 2.05) is 11.0 Å². The lowest BCUT2D eigenvalue weighted by molar-refractivity contribution is -0.148. The van der Waals surface area contributed by atoms with Crippen molar-refractivity contribution in [2.45, 2.75) is 19.3 Å².